The Labute approximate surface area is 432 Å². The third-order valence-corrected chi connectivity index (χ3v) is 11.4. The number of phenols is 1. The molecule has 0 aliphatic heterocycles. The smallest absolute Gasteiger partial charge is 0.148 e. The molecule has 7 aromatic carbocycles. The Kier molecular flexibility index (Phi) is 7.54. The molecule has 0 fully saturated rings. The molecule has 0 aliphatic carbocycles. The molecule has 4 nitrogen and oxygen atoms in total. The Morgan fingerprint density at radius 3 is 1.95 bits per heavy atom. The second-order valence-corrected chi connectivity index (χ2v) is 18.2. The summed E-state index contributed by atoms with van der Waals surface area (Å²) in [6.07, 6.45) is -0.796. The summed E-state index contributed by atoms with van der Waals surface area (Å²) in [5, 5.41) is 12.6. The predicted molar refractivity (Wildman–Crippen MR) is 273 cm³/mol. The van der Waals surface area contributed by atoms with Crippen LogP contribution in [0.4, 0.5) is 0 Å². The Balaban J connectivity index is 0.00000940. The van der Waals surface area contributed by atoms with E-state index in [1.165, 1.54) is 0 Å². The molecular formula is C61H58N3OPt-. The largest absolute Gasteiger partial charge is 0.507 e. The van der Waals surface area contributed by atoms with Crippen molar-refractivity contribution in [3.8, 4) is 78.6 Å². The summed E-state index contributed by atoms with van der Waals surface area (Å²) in [7, 11) is 0. The normalized spacial score (nSPS) is 17.0. The Morgan fingerprint density at radius 1 is 0.591 bits per heavy atom. The van der Waals surface area contributed by atoms with Gasteiger partial charge in [0.15, 0.2) is 0 Å². The van der Waals surface area contributed by atoms with Gasteiger partial charge in [-0.05, 0) is 86.8 Å². The Morgan fingerprint density at radius 2 is 1.29 bits per heavy atom. The van der Waals surface area contributed by atoms with Crippen molar-refractivity contribution in [2.45, 2.75) is 85.2 Å². The molecule has 0 radical (unpaired) electrons. The second kappa shape index (κ2) is 17.8. The zero-order valence-electron chi connectivity index (χ0n) is 56.2. The van der Waals surface area contributed by atoms with E-state index in [0.717, 1.165) is 5.56 Å². The topological polar surface area (TPSA) is 50.9 Å². The molecule has 5 heteroatoms. The van der Waals surface area contributed by atoms with Gasteiger partial charge in [-0.25, -0.2) is 4.98 Å². The number of aryl methyl sites for hydroxylation is 1. The summed E-state index contributed by atoms with van der Waals surface area (Å²) in [5.41, 5.74) is -1.41. The molecule has 0 atom stereocenters. The van der Waals surface area contributed by atoms with E-state index in [2.05, 4.69) is 31.8 Å². The molecule has 2 heterocycles. The summed E-state index contributed by atoms with van der Waals surface area (Å²) in [6.45, 7) is -2.15. The third-order valence-electron chi connectivity index (χ3n) is 11.4. The fourth-order valence-electron chi connectivity index (χ4n) is 7.97. The maximum atomic E-state index is 12.6. The minimum atomic E-state index is -3.96. The molecule has 9 rings (SSSR count). The van der Waals surface area contributed by atoms with Gasteiger partial charge in [0.25, 0.3) is 0 Å². The van der Waals surface area contributed by atoms with Crippen LogP contribution in [0.25, 0.3) is 83.9 Å². The molecular weight excluding hydrogens is 986 g/mol. The fourth-order valence-corrected chi connectivity index (χ4v) is 7.97. The van der Waals surface area contributed by atoms with Crippen molar-refractivity contribution in [1.82, 2.24) is 14.5 Å². The van der Waals surface area contributed by atoms with E-state index in [1.54, 1.807) is 48.5 Å². The quantitative estimate of drug-likeness (QED) is 0.162. The van der Waals surface area contributed by atoms with E-state index in [0.29, 0.717) is 67.1 Å². The number of pyridine rings is 1. The molecule has 0 unspecified atom stereocenters. The molecule has 0 saturated carbocycles. The van der Waals surface area contributed by atoms with Crippen LogP contribution < -0.4 is 0 Å². The third kappa shape index (κ3) is 9.09. The first kappa shape index (κ1) is 28.0. The molecule has 2 aromatic heterocycles. The van der Waals surface area contributed by atoms with Gasteiger partial charge in [-0.15, -0.1) is 23.8 Å². The van der Waals surface area contributed by atoms with Gasteiger partial charge in [-0.1, -0.05) is 199 Å². The van der Waals surface area contributed by atoms with Crippen LogP contribution in [0.2, 0.25) is 0 Å². The van der Waals surface area contributed by atoms with Crippen molar-refractivity contribution < 1.29 is 52.2 Å². The van der Waals surface area contributed by atoms with E-state index < -0.39 is 103 Å². The van der Waals surface area contributed by atoms with Gasteiger partial charge in [-0.3, -0.25) is 9.55 Å². The molecule has 0 spiro atoms. The average molecular weight is 1060 g/mol. The zero-order chi connectivity index (χ0) is 61.9. The van der Waals surface area contributed by atoms with Gasteiger partial charge in [0.05, 0.1) is 31.9 Å². The number of hydrogen-bond acceptors (Lipinski definition) is 3. The van der Waals surface area contributed by atoms with Crippen molar-refractivity contribution in [2.24, 2.45) is 0 Å². The average Bonchev–Trinajstić information content (AvgIpc) is 0.973. The van der Waals surface area contributed by atoms with Crippen molar-refractivity contribution in [2.75, 3.05) is 0 Å². The summed E-state index contributed by atoms with van der Waals surface area (Å²) >= 11 is 0. The summed E-state index contributed by atoms with van der Waals surface area (Å²) in [5.74, 6) is 0.277. The van der Waals surface area contributed by atoms with Crippen molar-refractivity contribution in [3.05, 3.63) is 192 Å². The Hall–Kier alpha value is -6.35. The fraction of sp³-hybridized carbons (Fsp3) is 0.213. The number of benzene rings is 7. The van der Waals surface area contributed by atoms with Crippen LogP contribution in [0.5, 0.6) is 5.75 Å². The van der Waals surface area contributed by atoms with Crippen LogP contribution >= 0.6 is 0 Å². The summed E-state index contributed by atoms with van der Waals surface area (Å²) < 4.78 is 166. The molecule has 9 aromatic rings. The number of rotatable bonds is 7. The number of fused-ring (bicyclic) bond motifs is 1. The van der Waals surface area contributed by atoms with Crippen molar-refractivity contribution >= 4 is 11.0 Å². The number of phenolic OH excluding ortho intramolecular Hbond substituents is 1. The van der Waals surface area contributed by atoms with E-state index in [1.807, 2.05) is 98.1 Å². The molecule has 66 heavy (non-hydrogen) atoms. The minimum absolute atomic E-state index is 0. The molecule has 0 saturated heterocycles. The maximum absolute atomic E-state index is 12.6. The van der Waals surface area contributed by atoms with Gasteiger partial charge < -0.3 is 5.11 Å². The van der Waals surface area contributed by atoms with Gasteiger partial charge in [-0.2, -0.15) is 0 Å². The van der Waals surface area contributed by atoms with Gasteiger partial charge in [0, 0.05) is 60.5 Å². The standard InChI is InChI=1S/C61H58N3O.Pt/c1-39-24-29-54(50(32-39)42-20-15-12-16-21-42)64-55-23-17-22-49(56(55)63-58(64)51-37-48(60(5,6)7)38-52(57(51)65)61(8,9)10)45-33-44(40-18-13-11-14-19-40)34-46(35-45)53-36-43(30-31-62-53)41-25-27-47(28-26-41)59(2,3)4;/h11-34,36-38,65H,1-10H3;/q-1;/i1D3,2D3,3D3,4D3,25D,26D,27D,28D,30D,31D,36D;. The number of aromatic nitrogens is 3. The van der Waals surface area contributed by atoms with E-state index in [4.69, 9.17) is 26.9 Å². The van der Waals surface area contributed by atoms with Crippen LogP contribution in [0.3, 0.4) is 0 Å². The van der Waals surface area contributed by atoms with Gasteiger partial charge in [0.2, 0.25) is 0 Å². The molecule has 0 amide bonds. The van der Waals surface area contributed by atoms with Gasteiger partial charge in [0.1, 0.15) is 11.6 Å². The maximum Gasteiger partial charge on any atom is 0.148 e. The first-order valence-electron chi connectivity index (χ1n) is 30.7. The minimum Gasteiger partial charge on any atom is -0.507 e. The molecule has 0 aliphatic rings. The summed E-state index contributed by atoms with van der Waals surface area (Å²) in [6, 6.07) is 32.9. The number of nitrogens with zero attached hydrogens (tertiary/aromatic N) is 3. The van der Waals surface area contributed by atoms with Crippen LogP contribution in [0, 0.1) is 12.9 Å². The second-order valence-electron chi connectivity index (χ2n) is 18.2. The van der Waals surface area contributed by atoms with Gasteiger partial charge >= 0.3 is 0 Å². The van der Waals surface area contributed by atoms with Crippen LogP contribution in [0.1, 0.15) is 110 Å². The first-order valence-corrected chi connectivity index (χ1v) is 21.2. The van der Waals surface area contributed by atoms with E-state index in [9.17, 15) is 9.22 Å². The van der Waals surface area contributed by atoms with Crippen LogP contribution in [0.15, 0.2) is 164 Å². The number of aromatic hydroxyl groups is 1. The van der Waals surface area contributed by atoms with Crippen LogP contribution in [-0.2, 0) is 37.3 Å². The van der Waals surface area contributed by atoms with E-state index >= 15 is 0 Å². The first-order chi connectivity index (χ1) is 38.8. The van der Waals surface area contributed by atoms with Crippen molar-refractivity contribution in [1.29, 1.82) is 0 Å². The molecule has 1 N–H and O–H groups in total. The molecule has 0 bridgehead atoms. The number of hydrogen-bond donors (Lipinski definition) is 1. The summed E-state index contributed by atoms with van der Waals surface area (Å²) in [4.78, 5) is 9.82. The zero-order valence-corrected chi connectivity index (χ0v) is 39.4. The number of imidazole rings is 1. The Bertz CT molecular complexity index is 4020. The predicted octanol–water partition coefficient (Wildman–Crippen LogP) is 16.1. The van der Waals surface area contributed by atoms with E-state index in [-0.39, 0.29) is 43.6 Å². The molecule has 334 valence electrons. The number of para-hydroxylation sites is 1. The SMILES string of the molecule is [2H]c1nc(-c2[c-]c(-c3cccc4c3nc(-c3cc(C(C)(C)C)cc(C(C)(C)C)c3O)n4-c3ccc(C([2H])([2H])[2H])cc3-c3ccccc3)cc(-c3ccccc3)c2)c([2H])c(-c2c([2H])c([2H])c(C(C([2H])([2H])[2H])(C([2H])([2H])[2H])C([2H])([2H])[2H])c([2H])c2[2H])c1[2H].[Pt]. The monoisotopic (exact) mass is 1060 g/mol. The van der Waals surface area contributed by atoms with Crippen molar-refractivity contribution in [3.63, 3.8) is 0 Å². The van der Waals surface area contributed by atoms with Crippen LogP contribution in [-0.4, -0.2) is 19.6 Å².